The van der Waals surface area contributed by atoms with Crippen LogP contribution in [0.5, 0.6) is 5.75 Å². The Balaban J connectivity index is 2.84. The van der Waals surface area contributed by atoms with Crippen molar-refractivity contribution in [2.45, 2.75) is 0 Å². The number of hydrogen-bond donors (Lipinski definition) is 0. The van der Waals surface area contributed by atoms with Gasteiger partial charge >= 0.3 is 0 Å². The van der Waals surface area contributed by atoms with E-state index in [1.54, 1.807) is 19.2 Å². The Labute approximate surface area is 91.4 Å². The average Bonchev–Trinajstić information content (AvgIpc) is 2.17. The average molecular weight is 228 g/mol. The minimum atomic E-state index is 0.429. The first kappa shape index (κ1) is 9.56. The molecule has 0 radical (unpaired) electrons. The van der Waals surface area contributed by atoms with E-state index in [1.165, 1.54) is 0 Å². The minimum Gasteiger partial charge on any atom is -0.493 e. The fourth-order valence-corrected chi connectivity index (χ4v) is 1.69. The first-order valence-electron chi connectivity index (χ1n) is 4.01. The molecule has 0 amide bonds. The van der Waals surface area contributed by atoms with Crippen LogP contribution in [0.15, 0.2) is 24.3 Å². The Morgan fingerprint density at radius 1 is 1.14 bits per heavy atom. The van der Waals surface area contributed by atoms with Gasteiger partial charge in [0, 0.05) is 5.39 Å². The molecule has 4 heteroatoms. The third kappa shape index (κ3) is 1.51. The van der Waals surface area contributed by atoms with E-state index in [9.17, 15) is 0 Å². The molecule has 0 atom stereocenters. The summed E-state index contributed by atoms with van der Waals surface area (Å²) in [6.07, 6.45) is 0. The number of methoxy groups -OCH3 is 1. The van der Waals surface area contributed by atoms with Crippen molar-refractivity contribution in [2.24, 2.45) is 0 Å². The first-order valence-corrected chi connectivity index (χ1v) is 4.76. The fraction of sp³-hybridized carbons (Fsp3) is 0.100. The molecule has 0 fully saturated rings. The summed E-state index contributed by atoms with van der Waals surface area (Å²) in [6, 6.07) is 7.27. The molecule has 14 heavy (non-hydrogen) atoms. The lowest BCUT2D eigenvalue weighted by molar-refractivity contribution is 0.419. The molecule has 0 aliphatic carbocycles. The molecule has 0 saturated carbocycles. The summed E-state index contributed by atoms with van der Waals surface area (Å²) in [5, 5.41) is 1.92. The second-order valence-corrected chi connectivity index (χ2v) is 3.58. The summed E-state index contributed by atoms with van der Waals surface area (Å²) in [6.45, 7) is 0. The van der Waals surface area contributed by atoms with E-state index in [4.69, 9.17) is 27.9 Å². The molecule has 0 saturated heterocycles. The highest BCUT2D eigenvalue weighted by molar-refractivity contribution is 6.33. The van der Waals surface area contributed by atoms with E-state index in [-0.39, 0.29) is 0 Å². The monoisotopic (exact) mass is 227 g/mol. The SMILES string of the molecule is COc1c(Cl)ccc2ccc(Cl)nc12. The topological polar surface area (TPSA) is 22.1 Å². The normalized spacial score (nSPS) is 10.5. The molecule has 2 rings (SSSR count). The molecule has 0 aliphatic rings. The zero-order valence-electron chi connectivity index (χ0n) is 7.42. The van der Waals surface area contributed by atoms with Crippen LogP contribution in [0, 0.1) is 0 Å². The maximum Gasteiger partial charge on any atom is 0.163 e. The van der Waals surface area contributed by atoms with Gasteiger partial charge in [-0.25, -0.2) is 4.98 Å². The van der Waals surface area contributed by atoms with Crippen LogP contribution in [0.2, 0.25) is 10.2 Å². The van der Waals surface area contributed by atoms with Crippen molar-refractivity contribution in [3.8, 4) is 5.75 Å². The van der Waals surface area contributed by atoms with Crippen molar-refractivity contribution < 1.29 is 4.74 Å². The molecule has 0 aliphatic heterocycles. The molecule has 1 heterocycles. The number of ether oxygens (including phenoxy) is 1. The van der Waals surface area contributed by atoms with E-state index in [2.05, 4.69) is 4.98 Å². The van der Waals surface area contributed by atoms with Crippen LogP contribution >= 0.6 is 23.2 Å². The van der Waals surface area contributed by atoms with Gasteiger partial charge < -0.3 is 4.74 Å². The van der Waals surface area contributed by atoms with Gasteiger partial charge in [0.15, 0.2) is 5.75 Å². The largest absolute Gasteiger partial charge is 0.493 e. The van der Waals surface area contributed by atoms with Gasteiger partial charge in [0.1, 0.15) is 10.7 Å². The number of rotatable bonds is 1. The summed E-state index contributed by atoms with van der Waals surface area (Å²) in [5.74, 6) is 0.562. The molecule has 72 valence electrons. The van der Waals surface area contributed by atoms with Crippen molar-refractivity contribution in [3.05, 3.63) is 34.4 Å². The lowest BCUT2D eigenvalue weighted by Crippen LogP contribution is -1.88. The van der Waals surface area contributed by atoms with Gasteiger partial charge in [-0.3, -0.25) is 0 Å². The zero-order valence-corrected chi connectivity index (χ0v) is 8.93. The van der Waals surface area contributed by atoms with E-state index >= 15 is 0 Å². The van der Waals surface area contributed by atoms with Crippen molar-refractivity contribution in [3.63, 3.8) is 0 Å². The summed E-state index contributed by atoms with van der Waals surface area (Å²) in [5.41, 5.74) is 0.688. The fourth-order valence-electron chi connectivity index (χ4n) is 1.31. The molecule has 1 aromatic heterocycles. The second-order valence-electron chi connectivity index (χ2n) is 2.79. The Morgan fingerprint density at radius 2 is 1.86 bits per heavy atom. The van der Waals surface area contributed by atoms with Gasteiger partial charge in [-0.05, 0) is 18.2 Å². The summed E-state index contributed by atoms with van der Waals surface area (Å²) in [7, 11) is 1.56. The van der Waals surface area contributed by atoms with E-state index in [1.807, 2.05) is 12.1 Å². The quantitative estimate of drug-likeness (QED) is 0.696. The highest BCUT2D eigenvalue weighted by Gasteiger charge is 2.07. The van der Waals surface area contributed by atoms with Crippen LogP contribution in [-0.2, 0) is 0 Å². The van der Waals surface area contributed by atoms with Crippen LogP contribution in [0.4, 0.5) is 0 Å². The number of halogens is 2. The predicted molar refractivity (Wildman–Crippen MR) is 58.3 cm³/mol. The number of pyridine rings is 1. The van der Waals surface area contributed by atoms with Gasteiger partial charge in [0.2, 0.25) is 0 Å². The highest BCUT2D eigenvalue weighted by atomic mass is 35.5. The Bertz CT molecular complexity index is 480. The molecule has 0 N–H and O–H groups in total. The van der Waals surface area contributed by atoms with Crippen LogP contribution in [0.3, 0.4) is 0 Å². The van der Waals surface area contributed by atoms with Gasteiger partial charge in [-0.2, -0.15) is 0 Å². The van der Waals surface area contributed by atoms with E-state index in [0.717, 1.165) is 5.39 Å². The lowest BCUT2D eigenvalue weighted by Gasteiger charge is -2.06. The smallest absolute Gasteiger partial charge is 0.163 e. The van der Waals surface area contributed by atoms with Gasteiger partial charge in [-0.1, -0.05) is 29.3 Å². The van der Waals surface area contributed by atoms with Crippen LogP contribution in [0.25, 0.3) is 10.9 Å². The second kappa shape index (κ2) is 3.64. The Hall–Kier alpha value is -0.990. The number of nitrogens with zero attached hydrogens (tertiary/aromatic N) is 1. The number of aromatic nitrogens is 1. The van der Waals surface area contributed by atoms with Crippen molar-refractivity contribution in [2.75, 3.05) is 7.11 Å². The third-order valence-electron chi connectivity index (χ3n) is 1.94. The van der Waals surface area contributed by atoms with E-state index < -0.39 is 0 Å². The number of hydrogen-bond acceptors (Lipinski definition) is 2. The molecule has 2 nitrogen and oxygen atoms in total. The molecule has 0 spiro atoms. The van der Waals surface area contributed by atoms with Crippen LogP contribution in [-0.4, -0.2) is 12.1 Å². The standard InChI is InChI=1S/C10H7Cl2NO/c1-14-10-7(11)4-2-6-3-5-8(12)13-9(6)10/h2-5H,1H3. The third-order valence-corrected chi connectivity index (χ3v) is 2.45. The summed E-state index contributed by atoms with van der Waals surface area (Å²) in [4.78, 5) is 4.16. The van der Waals surface area contributed by atoms with Crippen LogP contribution in [0.1, 0.15) is 0 Å². The molecule has 1 aromatic carbocycles. The van der Waals surface area contributed by atoms with Crippen molar-refractivity contribution >= 4 is 34.1 Å². The van der Waals surface area contributed by atoms with Gasteiger partial charge in [0.25, 0.3) is 0 Å². The molecule has 0 unspecified atom stereocenters. The summed E-state index contributed by atoms with van der Waals surface area (Å²) < 4.78 is 5.16. The lowest BCUT2D eigenvalue weighted by atomic mass is 10.2. The molecular formula is C10H7Cl2NO. The molecule has 2 aromatic rings. The number of fused-ring (bicyclic) bond motifs is 1. The first-order chi connectivity index (χ1) is 6.72. The Morgan fingerprint density at radius 3 is 2.57 bits per heavy atom. The van der Waals surface area contributed by atoms with Crippen LogP contribution < -0.4 is 4.74 Å². The summed E-state index contributed by atoms with van der Waals surface area (Å²) >= 11 is 11.7. The maximum absolute atomic E-state index is 5.95. The van der Waals surface area contributed by atoms with E-state index in [0.29, 0.717) is 21.4 Å². The Kier molecular flexibility index (Phi) is 2.48. The van der Waals surface area contributed by atoms with Gasteiger partial charge in [0.05, 0.1) is 12.1 Å². The number of benzene rings is 1. The molecule has 0 bridgehead atoms. The zero-order chi connectivity index (χ0) is 10.1. The minimum absolute atomic E-state index is 0.429. The highest BCUT2D eigenvalue weighted by Crippen LogP contribution is 2.32. The van der Waals surface area contributed by atoms with Gasteiger partial charge in [-0.15, -0.1) is 0 Å². The van der Waals surface area contributed by atoms with Crippen molar-refractivity contribution in [1.29, 1.82) is 0 Å². The maximum atomic E-state index is 5.95. The predicted octanol–water partition coefficient (Wildman–Crippen LogP) is 3.55. The van der Waals surface area contributed by atoms with Crippen molar-refractivity contribution in [1.82, 2.24) is 4.98 Å². The molecular weight excluding hydrogens is 221 g/mol.